The molecule has 3 N–H and O–H groups in total. The van der Waals surface area contributed by atoms with Crippen molar-refractivity contribution < 1.29 is 14.6 Å². The minimum atomic E-state index is -0.181. The topological polar surface area (TPSA) is 70.6 Å². The molecule has 98 valence electrons. The number of phenolic OH excluding ortho intramolecular Hbond substituents is 1. The molecular formula is C13H18N2O3. The van der Waals surface area contributed by atoms with E-state index in [1.807, 2.05) is 0 Å². The van der Waals surface area contributed by atoms with Crippen molar-refractivity contribution in [3.63, 3.8) is 0 Å². The van der Waals surface area contributed by atoms with Crippen LogP contribution in [0.1, 0.15) is 15.9 Å². The van der Waals surface area contributed by atoms with E-state index in [1.165, 1.54) is 0 Å². The van der Waals surface area contributed by atoms with Gasteiger partial charge in [-0.3, -0.25) is 4.79 Å². The number of carbonyl (C=O) groups is 1. The van der Waals surface area contributed by atoms with E-state index in [1.54, 1.807) is 32.2 Å². The van der Waals surface area contributed by atoms with Crippen molar-refractivity contribution in [1.29, 1.82) is 0 Å². The van der Waals surface area contributed by atoms with Crippen molar-refractivity contribution in [2.75, 3.05) is 20.2 Å². The van der Waals surface area contributed by atoms with E-state index in [2.05, 4.69) is 10.6 Å². The summed E-state index contributed by atoms with van der Waals surface area (Å²) in [7, 11) is 1.64. The number of hydrogen-bond donors (Lipinski definition) is 3. The van der Waals surface area contributed by atoms with Crippen molar-refractivity contribution in [1.82, 2.24) is 10.6 Å². The first-order chi connectivity index (χ1) is 8.63. The Bertz CT molecular complexity index is 448. The fourth-order valence-electron chi connectivity index (χ4n) is 2.16. The maximum absolute atomic E-state index is 12.1. The second-order valence-corrected chi connectivity index (χ2v) is 4.46. The van der Waals surface area contributed by atoms with Gasteiger partial charge in [0.2, 0.25) is 0 Å². The predicted molar refractivity (Wildman–Crippen MR) is 67.8 cm³/mol. The first-order valence-electron chi connectivity index (χ1n) is 5.96. The highest BCUT2D eigenvalue weighted by atomic mass is 16.5. The fraction of sp³-hybridized carbons (Fsp3) is 0.462. The van der Waals surface area contributed by atoms with Crippen molar-refractivity contribution in [3.8, 4) is 5.75 Å². The van der Waals surface area contributed by atoms with Crippen LogP contribution in [0.2, 0.25) is 0 Å². The van der Waals surface area contributed by atoms with Gasteiger partial charge in [-0.2, -0.15) is 0 Å². The number of benzene rings is 1. The molecule has 1 aromatic rings. The summed E-state index contributed by atoms with van der Waals surface area (Å²) in [5, 5.41) is 15.7. The van der Waals surface area contributed by atoms with Crippen LogP contribution in [0.25, 0.3) is 0 Å². The van der Waals surface area contributed by atoms with Crippen molar-refractivity contribution in [2.45, 2.75) is 19.1 Å². The second-order valence-electron chi connectivity index (χ2n) is 4.46. The first-order valence-corrected chi connectivity index (χ1v) is 5.96. The van der Waals surface area contributed by atoms with Crippen LogP contribution in [0, 0.1) is 6.92 Å². The number of nitrogens with one attached hydrogen (secondary N) is 2. The third-order valence-corrected chi connectivity index (χ3v) is 3.33. The Hall–Kier alpha value is -1.59. The Morgan fingerprint density at radius 2 is 2.28 bits per heavy atom. The van der Waals surface area contributed by atoms with Crippen molar-refractivity contribution in [3.05, 3.63) is 29.3 Å². The van der Waals surface area contributed by atoms with E-state index in [-0.39, 0.29) is 23.8 Å². The van der Waals surface area contributed by atoms with E-state index in [9.17, 15) is 9.90 Å². The first kappa shape index (κ1) is 12.9. The van der Waals surface area contributed by atoms with Crippen LogP contribution in [-0.2, 0) is 4.74 Å². The van der Waals surface area contributed by atoms with Crippen molar-refractivity contribution in [2.24, 2.45) is 0 Å². The zero-order valence-electron chi connectivity index (χ0n) is 10.6. The summed E-state index contributed by atoms with van der Waals surface area (Å²) in [6.07, 6.45) is -0.00781. The smallest absolute Gasteiger partial charge is 0.252 e. The van der Waals surface area contributed by atoms with E-state index in [4.69, 9.17) is 4.74 Å². The molecule has 18 heavy (non-hydrogen) atoms. The van der Waals surface area contributed by atoms with Gasteiger partial charge in [-0.25, -0.2) is 0 Å². The summed E-state index contributed by atoms with van der Waals surface area (Å²) in [4.78, 5) is 12.1. The summed E-state index contributed by atoms with van der Waals surface area (Å²) in [6.45, 7) is 3.16. The number of ether oxygens (including phenoxy) is 1. The maximum atomic E-state index is 12.1. The molecule has 5 nitrogen and oxygen atoms in total. The summed E-state index contributed by atoms with van der Waals surface area (Å²) < 4.78 is 5.29. The van der Waals surface area contributed by atoms with E-state index < -0.39 is 0 Å². The third kappa shape index (κ3) is 2.47. The van der Waals surface area contributed by atoms with Gasteiger partial charge >= 0.3 is 0 Å². The molecule has 1 saturated heterocycles. The van der Waals surface area contributed by atoms with Gasteiger partial charge in [-0.05, 0) is 19.1 Å². The van der Waals surface area contributed by atoms with Gasteiger partial charge in [0.25, 0.3) is 5.91 Å². The van der Waals surface area contributed by atoms with Crippen molar-refractivity contribution >= 4 is 5.91 Å². The van der Waals surface area contributed by atoms with Crippen LogP contribution in [-0.4, -0.2) is 43.4 Å². The molecule has 0 spiro atoms. The Labute approximate surface area is 106 Å². The fourth-order valence-corrected chi connectivity index (χ4v) is 2.16. The highest BCUT2D eigenvalue weighted by Crippen LogP contribution is 2.19. The molecule has 0 aromatic heterocycles. The molecule has 1 aromatic carbocycles. The van der Waals surface area contributed by atoms with Gasteiger partial charge in [0.15, 0.2) is 0 Å². The normalized spacial score (nSPS) is 23.0. The summed E-state index contributed by atoms with van der Waals surface area (Å²) >= 11 is 0. The number of phenols is 1. The van der Waals surface area contributed by atoms with Crippen LogP contribution < -0.4 is 10.6 Å². The zero-order valence-corrected chi connectivity index (χ0v) is 10.6. The Balaban J connectivity index is 2.10. The number of rotatable bonds is 3. The summed E-state index contributed by atoms with van der Waals surface area (Å²) in [5.74, 6) is -0.0466. The number of hydrogen-bond acceptors (Lipinski definition) is 4. The van der Waals surface area contributed by atoms with E-state index >= 15 is 0 Å². The number of carbonyl (C=O) groups excluding carboxylic acids is 1. The van der Waals surface area contributed by atoms with Gasteiger partial charge in [0.05, 0.1) is 12.1 Å². The third-order valence-electron chi connectivity index (χ3n) is 3.33. The monoisotopic (exact) mass is 250 g/mol. The predicted octanol–water partition coefficient (Wildman–Crippen LogP) is 0.417. The van der Waals surface area contributed by atoms with E-state index in [0.29, 0.717) is 17.7 Å². The van der Waals surface area contributed by atoms with Crippen LogP contribution in [0.3, 0.4) is 0 Å². The molecule has 0 unspecified atom stereocenters. The molecule has 0 radical (unpaired) electrons. The summed E-state index contributed by atoms with van der Waals surface area (Å²) in [5.41, 5.74) is 1.09. The maximum Gasteiger partial charge on any atom is 0.252 e. The molecule has 0 bridgehead atoms. The van der Waals surface area contributed by atoms with E-state index in [0.717, 1.165) is 6.54 Å². The molecule has 0 saturated carbocycles. The van der Waals surface area contributed by atoms with Gasteiger partial charge in [0, 0.05) is 31.3 Å². The quantitative estimate of drug-likeness (QED) is 0.727. The highest BCUT2D eigenvalue weighted by Gasteiger charge is 2.28. The number of methoxy groups -OCH3 is 1. The van der Waals surface area contributed by atoms with Gasteiger partial charge < -0.3 is 20.5 Å². The lowest BCUT2D eigenvalue weighted by atomic mass is 10.1. The average molecular weight is 250 g/mol. The minimum absolute atomic E-state index is 0.00781. The number of aromatic hydroxyl groups is 1. The highest BCUT2D eigenvalue weighted by molar-refractivity contribution is 5.96. The lowest BCUT2D eigenvalue weighted by Gasteiger charge is -2.19. The molecule has 2 atom stereocenters. The SMILES string of the molecule is CO[C@H]1CNC[C@@H]1NC(=O)c1cccc(O)c1C. The molecular weight excluding hydrogens is 232 g/mol. The Morgan fingerprint density at radius 3 is 3.00 bits per heavy atom. The molecule has 1 aliphatic heterocycles. The van der Waals surface area contributed by atoms with Crippen LogP contribution in [0.5, 0.6) is 5.75 Å². The molecule has 0 aliphatic carbocycles. The van der Waals surface area contributed by atoms with Crippen LogP contribution >= 0.6 is 0 Å². The molecule has 2 rings (SSSR count). The molecule has 1 heterocycles. The second kappa shape index (κ2) is 5.37. The van der Waals surface area contributed by atoms with Gasteiger partial charge in [0.1, 0.15) is 5.75 Å². The Morgan fingerprint density at radius 1 is 1.50 bits per heavy atom. The zero-order chi connectivity index (χ0) is 13.1. The average Bonchev–Trinajstić information content (AvgIpc) is 2.79. The summed E-state index contributed by atoms with van der Waals surface area (Å²) in [6, 6.07) is 4.90. The lowest BCUT2D eigenvalue weighted by Crippen LogP contribution is -2.43. The standard InChI is InChI=1S/C13H18N2O3/c1-8-9(4-3-5-11(8)16)13(17)15-10-6-14-7-12(10)18-2/h3-5,10,12,14,16H,6-7H2,1-2H3,(H,15,17)/t10-,12-/m0/s1. The molecule has 5 heteroatoms. The van der Waals surface area contributed by atoms with Crippen LogP contribution in [0.15, 0.2) is 18.2 Å². The molecule has 1 amide bonds. The molecule has 1 aliphatic rings. The lowest BCUT2D eigenvalue weighted by molar-refractivity contribution is 0.0779. The van der Waals surface area contributed by atoms with Crippen LogP contribution in [0.4, 0.5) is 0 Å². The number of amides is 1. The largest absolute Gasteiger partial charge is 0.508 e. The minimum Gasteiger partial charge on any atom is -0.508 e. The Kier molecular flexibility index (Phi) is 3.84. The van der Waals surface area contributed by atoms with Gasteiger partial charge in [-0.15, -0.1) is 0 Å². The molecule has 1 fully saturated rings. The van der Waals surface area contributed by atoms with Gasteiger partial charge in [-0.1, -0.05) is 6.07 Å².